The van der Waals surface area contributed by atoms with Crippen LogP contribution < -0.4 is 5.56 Å². The van der Waals surface area contributed by atoms with Crippen LogP contribution in [0.3, 0.4) is 0 Å². The summed E-state index contributed by atoms with van der Waals surface area (Å²) in [5.74, 6) is 0.590. The van der Waals surface area contributed by atoms with Crippen LogP contribution in [0.1, 0.15) is 5.69 Å². The van der Waals surface area contributed by atoms with E-state index in [2.05, 4.69) is 4.98 Å². The highest BCUT2D eigenvalue weighted by Crippen LogP contribution is 2.25. The number of imidazole rings is 1. The molecule has 5 aromatic rings. The second-order valence-electron chi connectivity index (χ2n) is 6.52. The van der Waals surface area contributed by atoms with Crippen LogP contribution in [0, 0.1) is 0 Å². The van der Waals surface area contributed by atoms with Gasteiger partial charge in [-0.05, 0) is 42.5 Å². The largest absolute Gasteiger partial charge is 0.307 e. The number of benzene rings is 2. The van der Waals surface area contributed by atoms with E-state index in [1.807, 2.05) is 65.3 Å². The Kier molecular flexibility index (Phi) is 4.58. The predicted molar refractivity (Wildman–Crippen MR) is 117 cm³/mol. The molecule has 3 aromatic heterocycles. The van der Waals surface area contributed by atoms with Crippen molar-refractivity contribution in [1.29, 1.82) is 0 Å². The fourth-order valence-electron chi connectivity index (χ4n) is 3.25. The van der Waals surface area contributed by atoms with Crippen molar-refractivity contribution < 1.29 is 0 Å². The smallest absolute Gasteiger partial charge is 0.266 e. The van der Waals surface area contributed by atoms with E-state index in [0.717, 1.165) is 11.3 Å². The minimum Gasteiger partial charge on any atom is -0.307 e. The number of halogens is 1. The Bertz CT molecular complexity index is 1380. The highest BCUT2D eigenvalue weighted by Gasteiger charge is 2.14. The van der Waals surface area contributed by atoms with E-state index in [4.69, 9.17) is 16.6 Å². The molecule has 0 radical (unpaired) electrons. The van der Waals surface area contributed by atoms with Gasteiger partial charge < -0.3 is 4.40 Å². The molecular formula is C22H15ClN4OS. The third kappa shape index (κ3) is 3.41. The van der Waals surface area contributed by atoms with Crippen molar-refractivity contribution in [2.75, 3.05) is 0 Å². The van der Waals surface area contributed by atoms with Crippen molar-refractivity contribution in [3.8, 4) is 5.69 Å². The molecule has 29 heavy (non-hydrogen) atoms. The Morgan fingerprint density at radius 2 is 1.83 bits per heavy atom. The van der Waals surface area contributed by atoms with Gasteiger partial charge in [-0.1, -0.05) is 47.6 Å². The molecule has 0 fully saturated rings. The third-order valence-corrected chi connectivity index (χ3v) is 5.78. The number of rotatable bonds is 4. The van der Waals surface area contributed by atoms with Gasteiger partial charge in [-0.25, -0.2) is 9.97 Å². The molecule has 0 saturated carbocycles. The molecule has 0 N–H and O–H groups in total. The molecule has 0 saturated heterocycles. The van der Waals surface area contributed by atoms with E-state index in [1.165, 1.54) is 11.8 Å². The van der Waals surface area contributed by atoms with Crippen LogP contribution >= 0.6 is 23.4 Å². The maximum absolute atomic E-state index is 13.3. The van der Waals surface area contributed by atoms with Crippen LogP contribution in [0.5, 0.6) is 0 Å². The summed E-state index contributed by atoms with van der Waals surface area (Å²) in [7, 11) is 0. The Morgan fingerprint density at radius 3 is 2.69 bits per heavy atom. The molecule has 0 atom stereocenters. The van der Waals surface area contributed by atoms with E-state index in [1.54, 1.807) is 22.8 Å². The normalized spacial score (nSPS) is 11.3. The quantitative estimate of drug-likeness (QED) is 0.305. The molecule has 142 valence electrons. The zero-order valence-electron chi connectivity index (χ0n) is 15.2. The van der Waals surface area contributed by atoms with Crippen molar-refractivity contribution >= 4 is 39.9 Å². The van der Waals surface area contributed by atoms with Gasteiger partial charge in [0.15, 0.2) is 5.16 Å². The van der Waals surface area contributed by atoms with Gasteiger partial charge in [0, 0.05) is 23.2 Å². The van der Waals surface area contributed by atoms with Crippen molar-refractivity contribution in [2.45, 2.75) is 10.9 Å². The molecule has 0 aliphatic rings. The first-order valence-corrected chi connectivity index (χ1v) is 10.4. The van der Waals surface area contributed by atoms with E-state index < -0.39 is 0 Å². The van der Waals surface area contributed by atoms with Crippen molar-refractivity contribution in [3.05, 3.63) is 100 Å². The number of hydrogen-bond donors (Lipinski definition) is 0. The average molecular weight is 419 g/mol. The summed E-state index contributed by atoms with van der Waals surface area (Å²) in [5, 5.41) is 1.75. The molecule has 0 spiro atoms. The molecule has 0 bridgehead atoms. The molecule has 0 unspecified atom stereocenters. The number of fused-ring (bicyclic) bond motifs is 2. The predicted octanol–water partition coefficient (Wildman–Crippen LogP) is 4.98. The minimum atomic E-state index is -0.115. The Balaban J connectivity index is 1.61. The second-order valence-corrected chi connectivity index (χ2v) is 7.90. The summed E-state index contributed by atoms with van der Waals surface area (Å²) in [6, 6.07) is 20.5. The molecule has 7 heteroatoms. The molecule has 5 rings (SSSR count). The van der Waals surface area contributed by atoms with Crippen LogP contribution in [0.25, 0.3) is 22.2 Å². The second kappa shape index (κ2) is 7.39. The van der Waals surface area contributed by atoms with Gasteiger partial charge in [-0.3, -0.25) is 9.36 Å². The molecule has 0 amide bonds. The molecule has 2 aromatic carbocycles. The van der Waals surface area contributed by atoms with Gasteiger partial charge in [-0.2, -0.15) is 0 Å². The molecule has 3 heterocycles. The zero-order chi connectivity index (χ0) is 19.8. The Morgan fingerprint density at radius 1 is 0.966 bits per heavy atom. The maximum Gasteiger partial charge on any atom is 0.266 e. The van der Waals surface area contributed by atoms with Crippen LogP contribution in [0.15, 0.2) is 89.1 Å². The monoisotopic (exact) mass is 418 g/mol. The molecule has 5 nitrogen and oxygen atoms in total. The van der Waals surface area contributed by atoms with E-state index in [-0.39, 0.29) is 5.56 Å². The first-order valence-electron chi connectivity index (χ1n) is 9.02. The van der Waals surface area contributed by atoms with Crippen LogP contribution in [-0.2, 0) is 5.75 Å². The lowest BCUT2D eigenvalue weighted by Crippen LogP contribution is -2.21. The maximum atomic E-state index is 13.3. The number of aromatic nitrogens is 4. The summed E-state index contributed by atoms with van der Waals surface area (Å²) in [4.78, 5) is 22.7. The average Bonchev–Trinajstić information content (AvgIpc) is 3.15. The van der Waals surface area contributed by atoms with Gasteiger partial charge in [0.05, 0.1) is 22.3 Å². The third-order valence-electron chi connectivity index (χ3n) is 4.57. The minimum absolute atomic E-state index is 0.115. The van der Waals surface area contributed by atoms with Crippen molar-refractivity contribution in [2.24, 2.45) is 0 Å². The number of pyridine rings is 1. The Hall–Kier alpha value is -3.09. The molecule has 0 aliphatic carbocycles. The molecular weight excluding hydrogens is 404 g/mol. The van der Waals surface area contributed by atoms with Gasteiger partial charge in [0.2, 0.25) is 0 Å². The van der Waals surface area contributed by atoms with Gasteiger partial charge in [-0.15, -0.1) is 0 Å². The van der Waals surface area contributed by atoms with Crippen LogP contribution in [-0.4, -0.2) is 18.9 Å². The van der Waals surface area contributed by atoms with E-state index in [9.17, 15) is 4.79 Å². The lowest BCUT2D eigenvalue weighted by atomic mass is 10.2. The first-order chi connectivity index (χ1) is 14.2. The zero-order valence-corrected chi connectivity index (χ0v) is 16.8. The van der Waals surface area contributed by atoms with Crippen molar-refractivity contribution in [1.82, 2.24) is 18.9 Å². The number of nitrogens with zero attached hydrogens (tertiary/aromatic N) is 4. The molecule has 0 aliphatic heterocycles. The fraction of sp³-hybridized carbons (Fsp3) is 0.0455. The van der Waals surface area contributed by atoms with Gasteiger partial charge in [0.1, 0.15) is 5.65 Å². The van der Waals surface area contributed by atoms with Crippen LogP contribution in [0.2, 0.25) is 5.02 Å². The Labute approximate surface area is 175 Å². The van der Waals surface area contributed by atoms with E-state index >= 15 is 0 Å². The summed E-state index contributed by atoms with van der Waals surface area (Å²) in [6.07, 6.45) is 3.96. The summed E-state index contributed by atoms with van der Waals surface area (Å²) >= 11 is 7.66. The van der Waals surface area contributed by atoms with Gasteiger partial charge in [0.25, 0.3) is 5.56 Å². The van der Waals surface area contributed by atoms with Crippen molar-refractivity contribution in [3.63, 3.8) is 0 Å². The lowest BCUT2D eigenvalue weighted by molar-refractivity contribution is 0.819. The fourth-order valence-corrected chi connectivity index (χ4v) is 4.33. The lowest BCUT2D eigenvalue weighted by Gasteiger charge is -2.13. The summed E-state index contributed by atoms with van der Waals surface area (Å²) < 4.78 is 3.60. The summed E-state index contributed by atoms with van der Waals surface area (Å²) in [6.45, 7) is 0. The highest BCUT2D eigenvalue weighted by molar-refractivity contribution is 7.98. The number of para-hydroxylation sites is 1. The van der Waals surface area contributed by atoms with Crippen LogP contribution in [0.4, 0.5) is 0 Å². The number of hydrogen-bond acceptors (Lipinski definition) is 4. The SMILES string of the molecule is O=c1c2ccccc2nc(SCc2cn3ccccc3n2)n1-c1cccc(Cl)c1. The topological polar surface area (TPSA) is 52.2 Å². The standard InChI is InChI=1S/C22H15ClN4OS/c23-15-6-5-7-17(12-15)27-21(28)18-8-1-2-9-19(18)25-22(27)29-14-16-13-26-11-4-3-10-20(26)24-16/h1-13H,14H2. The first kappa shape index (κ1) is 18.0. The number of thioether (sulfide) groups is 1. The highest BCUT2D eigenvalue weighted by atomic mass is 35.5. The van der Waals surface area contributed by atoms with E-state index in [0.29, 0.717) is 32.5 Å². The van der Waals surface area contributed by atoms with Gasteiger partial charge >= 0.3 is 0 Å². The summed E-state index contributed by atoms with van der Waals surface area (Å²) in [5.41, 5.74) is 3.06.